The molecule has 0 spiro atoms. The predicted molar refractivity (Wildman–Crippen MR) is 84.8 cm³/mol. The zero-order chi connectivity index (χ0) is 14.7. The molecule has 0 fully saturated rings. The van der Waals surface area contributed by atoms with E-state index in [9.17, 15) is 0 Å². The van der Waals surface area contributed by atoms with Gasteiger partial charge < -0.3 is 10.5 Å². The van der Waals surface area contributed by atoms with Gasteiger partial charge in [-0.3, -0.25) is 0 Å². The maximum atomic E-state index is 6.17. The van der Waals surface area contributed by atoms with Crippen LogP contribution in [-0.2, 0) is 6.42 Å². The first-order chi connectivity index (χ1) is 9.45. The minimum absolute atomic E-state index is 0.144. The Morgan fingerprint density at radius 2 is 1.75 bits per heavy atom. The summed E-state index contributed by atoms with van der Waals surface area (Å²) in [7, 11) is 0. The van der Waals surface area contributed by atoms with Crippen molar-refractivity contribution in [3.05, 3.63) is 58.1 Å². The zero-order valence-corrected chi connectivity index (χ0v) is 12.9. The number of aryl methyl sites for hydroxylation is 2. The van der Waals surface area contributed by atoms with Gasteiger partial charge >= 0.3 is 0 Å². The van der Waals surface area contributed by atoms with Gasteiger partial charge in [0.2, 0.25) is 0 Å². The van der Waals surface area contributed by atoms with Crippen molar-refractivity contribution < 1.29 is 4.74 Å². The summed E-state index contributed by atoms with van der Waals surface area (Å²) in [5, 5.41) is 0.794. The summed E-state index contributed by atoms with van der Waals surface area (Å²) >= 11 is 6.17. The third-order valence-corrected chi connectivity index (χ3v) is 3.70. The Labute approximate surface area is 125 Å². The van der Waals surface area contributed by atoms with Crippen LogP contribution in [0.4, 0.5) is 0 Å². The lowest BCUT2D eigenvalue weighted by molar-refractivity contribution is 0.481. The van der Waals surface area contributed by atoms with Crippen molar-refractivity contribution in [2.75, 3.05) is 0 Å². The molecule has 0 amide bonds. The highest BCUT2D eigenvalue weighted by Gasteiger charge is 2.05. The number of hydrogen-bond acceptors (Lipinski definition) is 2. The normalized spacial score (nSPS) is 12.2. The molecule has 0 aliphatic heterocycles. The molecule has 2 rings (SSSR count). The molecule has 0 saturated carbocycles. The van der Waals surface area contributed by atoms with Crippen LogP contribution < -0.4 is 10.5 Å². The van der Waals surface area contributed by atoms with Gasteiger partial charge in [0.25, 0.3) is 0 Å². The second-order valence-corrected chi connectivity index (χ2v) is 5.68. The molecule has 0 aliphatic carbocycles. The predicted octanol–water partition coefficient (Wildman–Crippen LogP) is 4.64. The van der Waals surface area contributed by atoms with E-state index in [-0.39, 0.29) is 6.04 Å². The molecule has 2 nitrogen and oxygen atoms in total. The van der Waals surface area contributed by atoms with Gasteiger partial charge in [0.1, 0.15) is 11.5 Å². The summed E-state index contributed by atoms with van der Waals surface area (Å²) in [4.78, 5) is 0. The van der Waals surface area contributed by atoms with E-state index >= 15 is 0 Å². The number of halogens is 1. The summed E-state index contributed by atoms with van der Waals surface area (Å²) < 4.78 is 5.92. The van der Waals surface area contributed by atoms with Crippen LogP contribution in [0, 0.1) is 13.8 Å². The molecule has 3 heteroatoms. The maximum absolute atomic E-state index is 6.17. The van der Waals surface area contributed by atoms with Gasteiger partial charge in [-0.2, -0.15) is 0 Å². The van der Waals surface area contributed by atoms with Crippen LogP contribution in [0.25, 0.3) is 0 Å². The second kappa shape index (κ2) is 6.29. The van der Waals surface area contributed by atoms with Gasteiger partial charge in [-0.25, -0.2) is 0 Å². The van der Waals surface area contributed by atoms with Crippen LogP contribution in [0.1, 0.15) is 23.6 Å². The number of rotatable bonds is 4. The molecule has 2 N–H and O–H groups in total. The lowest BCUT2D eigenvalue weighted by Gasteiger charge is -2.11. The largest absolute Gasteiger partial charge is 0.457 e. The van der Waals surface area contributed by atoms with E-state index in [2.05, 4.69) is 6.07 Å². The summed E-state index contributed by atoms with van der Waals surface area (Å²) in [6, 6.07) is 12.1. The standard InChI is InChI=1S/C17H20ClNO/c1-11-7-16(8-12(2)17(11)18)20-15-6-4-5-14(10-15)9-13(3)19/h4-8,10,13H,9,19H2,1-3H3. The summed E-state index contributed by atoms with van der Waals surface area (Å²) in [6.45, 7) is 5.96. The molecule has 0 aliphatic rings. The number of benzene rings is 2. The van der Waals surface area contributed by atoms with E-state index in [1.807, 2.05) is 51.1 Å². The van der Waals surface area contributed by atoms with Crippen molar-refractivity contribution in [1.82, 2.24) is 0 Å². The van der Waals surface area contributed by atoms with E-state index in [1.165, 1.54) is 5.56 Å². The molecule has 20 heavy (non-hydrogen) atoms. The molecule has 0 radical (unpaired) electrons. The molecular weight excluding hydrogens is 270 g/mol. The van der Waals surface area contributed by atoms with Crippen molar-refractivity contribution in [2.45, 2.75) is 33.2 Å². The fourth-order valence-electron chi connectivity index (χ4n) is 2.21. The van der Waals surface area contributed by atoms with Gasteiger partial charge in [-0.05, 0) is 68.1 Å². The van der Waals surface area contributed by atoms with Gasteiger partial charge in [0.15, 0.2) is 0 Å². The Kier molecular flexibility index (Phi) is 4.69. The van der Waals surface area contributed by atoms with E-state index in [0.29, 0.717) is 0 Å². The van der Waals surface area contributed by atoms with Crippen LogP contribution in [0.5, 0.6) is 11.5 Å². The molecule has 1 unspecified atom stereocenters. The first-order valence-corrected chi connectivity index (χ1v) is 7.12. The maximum Gasteiger partial charge on any atom is 0.128 e. The van der Waals surface area contributed by atoms with Crippen molar-refractivity contribution in [3.8, 4) is 11.5 Å². The van der Waals surface area contributed by atoms with Gasteiger partial charge in [0.05, 0.1) is 0 Å². The topological polar surface area (TPSA) is 35.2 Å². The lowest BCUT2D eigenvalue weighted by Crippen LogP contribution is -2.17. The third kappa shape index (κ3) is 3.75. The van der Waals surface area contributed by atoms with Crippen molar-refractivity contribution in [3.63, 3.8) is 0 Å². The molecule has 2 aromatic carbocycles. The molecule has 0 heterocycles. The minimum atomic E-state index is 0.144. The monoisotopic (exact) mass is 289 g/mol. The molecule has 0 aromatic heterocycles. The van der Waals surface area contributed by atoms with Gasteiger partial charge in [-0.1, -0.05) is 23.7 Å². The zero-order valence-electron chi connectivity index (χ0n) is 12.1. The smallest absolute Gasteiger partial charge is 0.128 e. The number of ether oxygens (including phenoxy) is 1. The van der Waals surface area contributed by atoms with Crippen molar-refractivity contribution >= 4 is 11.6 Å². The molecule has 0 saturated heterocycles. The van der Waals surface area contributed by atoms with E-state index in [0.717, 1.165) is 34.1 Å². The highest BCUT2D eigenvalue weighted by molar-refractivity contribution is 6.32. The summed E-state index contributed by atoms with van der Waals surface area (Å²) in [5.41, 5.74) is 9.05. The first kappa shape index (κ1) is 14.9. The molecule has 106 valence electrons. The van der Waals surface area contributed by atoms with E-state index in [4.69, 9.17) is 22.1 Å². The van der Waals surface area contributed by atoms with Crippen LogP contribution in [0.2, 0.25) is 5.02 Å². The Morgan fingerprint density at radius 1 is 1.10 bits per heavy atom. The Balaban J connectivity index is 2.22. The second-order valence-electron chi connectivity index (χ2n) is 5.30. The average Bonchev–Trinajstić information content (AvgIpc) is 2.35. The van der Waals surface area contributed by atoms with Crippen LogP contribution in [0.3, 0.4) is 0 Å². The minimum Gasteiger partial charge on any atom is -0.457 e. The van der Waals surface area contributed by atoms with Crippen molar-refractivity contribution in [2.24, 2.45) is 5.73 Å². The fraction of sp³-hybridized carbons (Fsp3) is 0.294. The highest BCUT2D eigenvalue weighted by Crippen LogP contribution is 2.29. The molecule has 0 bridgehead atoms. The summed E-state index contributed by atoms with van der Waals surface area (Å²) in [6.07, 6.45) is 0.843. The van der Waals surface area contributed by atoms with Crippen molar-refractivity contribution in [1.29, 1.82) is 0 Å². The van der Waals surface area contributed by atoms with E-state index in [1.54, 1.807) is 0 Å². The lowest BCUT2D eigenvalue weighted by atomic mass is 10.1. The Morgan fingerprint density at radius 3 is 2.35 bits per heavy atom. The highest BCUT2D eigenvalue weighted by atomic mass is 35.5. The molecule has 2 aromatic rings. The first-order valence-electron chi connectivity index (χ1n) is 6.75. The molecule has 1 atom stereocenters. The number of hydrogen-bond donors (Lipinski definition) is 1. The quantitative estimate of drug-likeness (QED) is 0.890. The summed E-state index contributed by atoms with van der Waals surface area (Å²) in [5.74, 6) is 1.63. The number of nitrogens with two attached hydrogens (primary N) is 1. The molecular formula is C17H20ClNO. The average molecular weight is 290 g/mol. The van der Waals surface area contributed by atoms with Crippen LogP contribution >= 0.6 is 11.6 Å². The SMILES string of the molecule is Cc1cc(Oc2cccc(CC(C)N)c2)cc(C)c1Cl. The Bertz CT molecular complexity index is 585. The van der Waals surface area contributed by atoms with Crippen LogP contribution in [-0.4, -0.2) is 6.04 Å². The van der Waals surface area contributed by atoms with Crippen LogP contribution in [0.15, 0.2) is 36.4 Å². The van der Waals surface area contributed by atoms with E-state index < -0.39 is 0 Å². The van der Waals surface area contributed by atoms with Gasteiger partial charge in [0, 0.05) is 11.1 Å². The van der Waals surface area contributed by atoms with Gasteiger partial charge in [-0.15, -0.1) is 0 Å². The fourth-order valence-corrected chi connectivity index (χ4v) is 2.32. The third-order valence-electron chi connectivity index (χ3n) is 3.10. The Hall–Kier alpha value is -1.51.